The highest BCUT2D eigenvalue weighted by atomic mass is 79.9. The zero-order valence-electron chi connectivity index (χ0n) is 12.0. The number of hydrogen-bond acceptors (Lipinski definition) is 4. The van der Waals surface area contributed by atoms with Crippen molar-refractivity contribution in [3.63, 3.8) is 0 Å². The van der Waals surface area contributed by atoms with E-state index in [0.717, 1.165) is 4.47 Å². The van der Waals surface area contributed by atoms with Gasteiger partial charge in [-0.2, -0.15) is 0 Å². The van der Waals surface area contributed by atoms with Crippen LogP contribution in [0.4, 0.5) is 0 Å². The Balaban J connectivity index is 2.09. The van der Waals surface area contributed by atoms with Crippen LogP contribution < -0.4 is 0 Å². The summed E-state index contributed by atoms with van der Waals surface area (Å²) in [7, 11) is 0. The number of aliphatic imine (C=N–C) groups is 1. The second-order valence-corrected chi connectivity index (χ2v) is 5.82. The van der Waals surface area contributed by atoms with E-state index in [1.54, 1.807) is 30.5 Å². The summed E-state index contributed by atoms with van der Waals surface area (Å²) in [6, 6.07) is 6.98. The highest BCUT2D eigenvalue weighted by molar-refractivity contribution is 9.10. The Morgan fingerprint density at radius 1 is 1.27 bits per heavy atom. The number of carbonyl (C=O) groups excluding carboxylic acids is 2. The number of aliphatic hydroxyl groups is 1. The van der Waals surface area contributed by atoms with Crippen LogP contribution in [0.5, 0.6) is 0 Å². The van der Waals surface area contributed by atoms with Crippen LogP contribution in [-0.4, -0.2) is 47.6 Å². The summed E-state index contributed by atoms with van der Waals surface area (Å²) in [6.07, 6.45) is 4.60. The predicted octanol–water partition coefficient (Wildman–Crippen LogP) is 2.20. The third kappa shape index (κ3) is 4.35. The van der Waals surface area contributed by atoms with Crippen molar-refractivity contribution in [1.29, 1.82) is 0 Å². The molecule has 6 heteroatoms. The van der Waals surface area contributed by atoms with Gasteiger partial charge in [-0.15, -0.1) is 0 Å². The van der Waals surface area contributed by atoms with Gasteiger partial charge in [-0.1, -0.05) is 28.1 Å². The number of carbonyl (C=O) groups is 2. The summed E-state index contributed by atoms with van der Waals surface area (Å²) in [4.78, 5) is 30.1. The number of benzene rings is 1. The zero-order chi connectivity index (χ0) is 15.9. The second-order valence-electron chi connectivity index (χ2n) is 4.91. The van der Waals surface area contributed by atoms with Gasteiger partial charge in [0.15, 0.2) is 5.78 Å². The van der Waals surface area contributed by atoms with Crippen molar-refractivity contribution >= 4 is 33.8 Å². The van der Waals surface area contributed by atoms with E-state index >= 15 is 0 Å². The van der Waals surface area contributed by atoms with Crippen LogP contribution in [0, 0.1) is 0 Å². The van der Waals surface area contributed by atoms with Gasteiger partial charge in [0.2, 0.25) is 0 Å². The average molecular weight is 365 g/mol. The molecule has 1 aromatic rings. The fourth-order valence-corrected chi connectivity index (χ4v) is 2.40. The van der Waals surface area contributed by atoms with Crippen molar-refractivity contribution in [1.82, 2.24) is 4.90 Å². The topological polar surface area (TPSA) is 70.0 Å². The number of rotatable bonds is 6. The van der Waals surface area contributed by atoms with Gasteiger partial charge in [0.25, 0.3) is 5.91 Å². The molecule has 116 valence electrons. The number of Topliss-reactive ketones (excluding diaryl/α,β-unsaturated/α-hetero) is 1. The standard InChI is InChI=1S/C16H17BrN2O3/c17-14-5-3-12(4-6-14)15(21)11-19(8-9-20)16(22)13-2-1-7-18-10-13/h3-7,10,20H,1-2,8-9,11H2. The van der Waals surface area contributed by atoms with Crippen molar-refractivity contribution in [2.45, 2.75) is 12.8 Å². The van der Waals surface area contributed by atoms with Gasteiger partial charge in [0, 0.05) is 34.6 Å². The number of amides is 1. The van der Waals surface area contributed by atoms with E-state index in [1.807, 2.05) is 0 Å². The van der Waals surface area contributed by atoms with Crippen molar-refractivity contribution in [2.24, 2.45) is 4.99 Å². The second kappa shape index (κ2) is 8.00. The molecule has 22 heavy (non-hydrogen) atoms. The van der Waals surface area contributed by atoms with E-state index in [2.05, 4.69) is 20.9 Å². The predicted molar refractivity (Wildman–Crippen MR) is 87.9 cm³/mol. The lowest BCUT2D eigenvalue weighted by Crippen LogP contribution is -2.38. The van der Waals surface area contributed by atoms with E-state index in [-0.39, 0.29) is 31.4 Å². The summed E-state index contributed by atoms with van der Waals surface area (Å²) in [5.41, 5.74) is 1.11. The number of hydrogen-bond donors (Lipinski definition) is 1. The van der Waals surface area contributed by atoms with Crippen molar-refractivity contribution in [2.75, 3.05) is 19.7 Å². The molecule has 1 aliphatic rings. The smallest absolute Gasteiger partial charge is 0.251 e. The van der Waals surface area contributed by atoms with Crippen LogP contribution in [0.2, 0.25) is 0 Å². The highest BCUT2D eigenvalue weighted by Crippen LogP contribution is 2.15. The minimum Gasteiger partial charge on any atom is -0.395 e. The lowest BCUT2D eigenvalue weighted by atomic mass is 10.1. The van der Waals surface area contributed by atoms with Gasteiger partial charge >= 0.3 is 0 Å². The summed E-state index contributed by atoms with van der Waals surface area (Å²) < 4.78 is 0.887. The molecule has 0 saturated carbocycles. The van der Waals surface area contributed by atoms with Gasteiger partial charge in [0.05, 0.1) is 13.2 Å². The van der Waals surface area contributed by atoms with E-state index in [1.165, 1.54) is 11.1 Å². The fourth-order valence-electron chi connectivity index (χ4n) is 2.14. The molecular formula is C16H17BrN2O3. The normalized spacial score (nSPS) is 13.6. The Kier molecular flexibility index (Phi) is 6.03. The first kappa shape index (κ1) is 16.6. The molecule has 1 aromatic carbocycles. The maximum absolute atomic E-state index is 12.4. The minimum atomic E-state index is -0.239. The van der Waals surface area contributed by atoms with Gasteiger partial charge < -0.3 is 10.0 Å². The van der Waals surface area contributed by atoms with Crippen LogP contribution in [0.1, 0.15) is 23.2 Å². The average Bonchev–Trinajstić information content (AvgIpc) is 2.55. The van der Waals surface area contributed by atoms with Crippen molar-refractivity contribution < 1.29 is 14.7 Å². The minimum absolute atomic E-state index is 0.0535. The Hall–Kier alpha value is -1.79. The molecule has 2 rings (SSSR count). The largest absolute Gasteiger partial charge is 0.395 e. The monoisotopic (exact) mass is 364 g/mol. The molecule has 0 fully saturated rings. The maximum atomic E-state index is 12.4. The Morgan fingerprint density at radius 2 is 2.00 bits per heavy atom. The number of nitrogens with zero attached hydrogens (tertiary/aromatic N) is 2. The zero-order valence-corrected chi connectivity index (χ0v) is 13.6. The molecule has 0 spiro atoms. The molecule has 1 aliphatic heterocycles. The summed E-state index contributed by atoms with van der Waals surface area (Å²) in [5.74, 6) is -0.398. The van der Waals surface area contributed by atoms with Gasteiger partial charge in [0.1, 0.15) is 0 Å². The van der Waals surface area contributed by atoms with Gasteiger partial charge in [-0.05, 0) is 25.0 Å². The Bertz CT molecular complexity index is 608. The molecule has 0 aliphatic carbocycles. The van der Waals surface area contributed by atoms with Crippen LogP contribution >= 0.6 is 15.9 Å². The molecular weight excluding hydrogens is 348 g/mol. The summed E-state index contributed by atoms with van der Waals surface area (Å²) in [6.45, 7) is -0.111. The molecule has 0 aromatic heterocycles. The van der Waals surface area contributed by atoms with Crippen LogP contribution in [-0.2, 0) is 4.79 Å². The number of aliphatic hydroxyl groups excluding tert-OH is 1. The molecule has 0 saturated heterocycles. The molecule has 0 unspecified atom stereocenters. The molecule has 0 bridgehead atoms. The number of halogens is 1. The quantitative estimate of drug-likeness (QED) is 0.786. The molecule has 1 heterocycles. The van der Waals surface area contributed by atoms with E-state index in [0.29, 0.717) is 24.0 Å². The van der Waals surface area contributed by atoms with E-state index < -0.39 is 0 Å². The summed E-state index contributed by atoms with van der Waals surface area (Å²) in [5, 5.41) is 9.14. The number of ketones is 1. The molecule has 1 amide bonds. The lowest BCUT2D eigenvalue weighted by Gasteiger charge is -2.22. The third-order valence-electron chi connectivity index (χ3n) is 3.31. The lowest BCUT2D eigenvalue weighted by molar-refractivity contribution is -0.127. The van der Waals surface area contributed by atoms with Crippen LogP contribution in [0.3, 0.4) is 0 Å². The maximum Gasteiger partial charge on any atom is 0.251 e. The fraction of sp³-hybridized carbons (Fsp3) is 0.312. The summed E-state index contributed by atoms with van der Waals surface area (Å²) >= 11 is 3.32. The molecule has 5 nitrogen and oxygen atoms in total. The van der Waals surface area contributed by atoms with Crippen molar-refractivity contribution in [3.05, 3.63) is 46.1 Å². The van der Waals surface area contributed by atoms with Gasteiger partial charge in [-0.25, -0.2) is 0 Å². The third-order valence-corrected chi connectivity index (χ3v) is 3.84. The Morgan fingerprint density at radius 3 is 2.59 bits per heavy atom. The van der Waals surface area contributed by atoms with Crippen molar-refractivity contribution in [3.8, 4) is 0 Å². The molecule has 0 radical (unpaired) electrons. The van der Waals surface area contributed by atoms with E-state index in [4.69, 9.17) is 5.11 Å². The molecule has 1 N–H and O–H groups in total. The molecule has 0 atom stereocenters. The van der Waals surface area contributed by atoms with Crippen LogP contribution in [0.25, 0.3) is 0 Å². The SMILES string of the molecule is O=C(CN(CCO)C(=O)C1=CN=CCC1)c1ccc(Br)cc1. The highest BCUT2D eigenvalue weighted by Gasteiger charge is 2.21. The van der Waals surface area contributed by atoms with Crippen LogP contribution in [0.15, 0.2) is 45.5 Å². The first-order valence-corrected chi connectivity index (χ1v) is 7.80. The first-order valence-electron chi connectivity index (χ1n) is 7.01. The van der Waals surface area contributed by atoms with Gasteiger partial charge in [-0.3, -0.25) is 14.6 Å². The Labute approximate surface area is 137 Å². The first-order chi connectivity index (χ1) is 10.6. The van der Waals surface area contributed by atoms with E-state index in [9.17, 15) is 9.59 Å².